The van der Waals surface area contributed by atoms with Crippen LogP contribution in [0.3, 0.4) is 0 Å². The highest BCUT2D eigenvalue weighted by Crippen LogP contribution is 2.39. The number of nitrogens with one attached hydrogen (secondary N) is 2. The summed E-state index contributed by atoms with van der Waals surface area (Å²) in [6, 6.07) is 0.329. The second kappa shape index (κ2) is 9.61. The maximum absolute atomic E-state index is 13.8. The van der Waals surface area contributed by atoms with Crippen LogP contribution in [-0.4, -0.2) is 47.1 Å². The van der Waals surface area contributed by atoms with Crippen LogP contribution in [0.15, 0.2) is 36.4 Å². The predicted octanol–water partition coefficient (Wildman–Crippen LogP) is 3.52. The van der Waals surface area contributed by atoms with Crippen LogP contribution in [0, 0.1) is 5.82 Å². The molecule has 2 aromatic carbocycles. The summed E-state index contributed by atoms with van der Waals surface area (Å²) < 4.78 is 96.7. The molecule has 2 aliphatic heterocycles. The van der Waals surface area contributed by atoms with Gasteiger partial charge in [-0.05, 0) is 42.3 Å². The van der Waals surface area contributed by atoms with Crippen molar-refractivity contribution in [1.29, 1.82) is 0 Å². The van der Waals surface area contributed by atoms with E-state index in [2.05, 4.69) is 10.1 Å². The highest BCUT2D eigenvalue weighted by atomic mass is 19.4. The van der Waals surface area contributed by atoms with E-state index in [1.165, 1.54) is 0 Å². The van der Waals surface area contributed by atoms with Gasteiger partial charge in [-0.1, -0.05) is 0 Å². The van der Waals surface area contributed by atoms with Gasteiger partial charge in [-0.2, -0.15) is 13.2 Å². The van der Waals surface area contributed by atoms with Gasteiger partial charge in [0.05, 0.1) is 0 Å². The molecule has 4 rings (SSSR count). The Hall–Kier alpha value is -4.17. The van der Waals surface area contributed by atoms with E-state index in [1.807, 2.05) is 0 Å². The molecular weight excluding hydrogens is 531 g/mol. The number of ether oxygens (including phenoxy) is 1. The third kappa shape index (κ3) is 5.55. The van der Waals surface area contributed by atoms with Crippen molar-refractivity contribution in [2.45, 2.75) is 44.0 Å². The number of piperidine rings is 1. The first-order valence-electron chi connectivity index (χ1n) is 10.8. The molecule has 1 fully saturated rings. The number of carbonyl (C=O) groups is 4. The minimum absolute atomic E-state index is 0.00749. The summed E-state index contributed by atoms with van der Waals surface area (Å²) in [6.07, 6.45) is -10.7. The zero-order valence-electron chi connectivity index (χ0n) is 18.9. The molecule has 8 nitrogen and oxygen atoms in total. The molecule has 0 bridgehead atoms. The third-order valence-electron chi connectivity index (χ3n) is 5.90. The molecule has 0 saturated carbocycles. The molecule has 0 aliphatic carbocycles. The van der Waals surface area contributed by atoms with Gasteiger partial charge in [0, 0.05) is 35.7 Å². The van der Waals surface area contributed by atoms with Gasteiger partial charge in [-0.25, -0.2) is 4.39 Å². The number of benzene rings is 2. The molecular formula is C23H16F7N3O5. The van der Waals surface area contributed by atoms with E-state index in [1.54, 1.807) is 5.32 Å². The van der Waals surface area contributed by atoms with Crippen LogP contribution in [0.25, 0.3) is 0 Å². The van der Waals surface area contributed by atoms with E-state index >= 15 is 0 Å². The molecule has 1 unspecified atom stereocenters. The quantitative estimate of drug-likeness (QED) is 0.441. The summed E-state index contributed by atoms with van der Waals surface area (Å²) in [5.74, 6) is -5.93. The van der Waals surface area contributed by atoms with Gasteiger partial charge in [0.1, 0.15) is 17.6 Å². The van der Waals surface area contributed by atoms with Gasteiger partial charge in [-0.15, -0.1) is 13.2 Å². The average Bonchev–Trinajstić information content (AvgIpc) is 3.11. The summed E-state index contributed by atoms with van der Waals surface area (Å²) in [6.45, 7) is -0.175. The lowest BCUT2D eigenvalue weighted by molar-refractivity contribution is -0.275. The van der Waals surface area contributed by atoms with Gasteiger partial charge in [0.25, 0.3) is 11.8 Å². The molecule has 2 N–H and O–H groups in total. The van der Waals surface area contributed by atoms with Crippen LogP contribution in [0.2, 0.25) is 0 Å². The Labute approximate surface area is 208 Å². The van der Waals surface area contributed by atoms with Crippen LogP contribution in [-0.2, 0) is 16.1 Å². The maximum atomic E-state index is 13.8. The number of alkyl halides is 6. The van der Waals surface area contributed by atoms with Gasteiger partial charge in [0.2, 0.25) is 11.8 Å². The third-order valence-corrected chi connectivity index (χ3v) is 5.90. The topological polar surface area (TPSA) is 105 Å². The number of hydrogen-bond donors (Lipinski definition) is 2. The summed E-state index contributed by atoms with van der Waals surface area (Å²) in [5.41, 5.74) is -1.27. The predicted molar refractivity (Wildman–Crippen MR) is 112 cm³/mol. The second-order valence-electron chi connectivity index (χ2n) is 8.45. The Morgan fingerprint density at radius 3 is 2.39 bits per heavy atom. The molecule has 202 valence electrons. The van der Waals surface area contributed by atoms with E-state index in [0.717, 1.165) is 23.1 Å². The van der Waals surface area contributed by atoms with E-state index in [0.29, 0.717) is 12.1 Å². The SMILES string of the molecule is O=C1CCC(N2Cc3cc(C(=O)N[C@H](c4ccc(F)cc4OC(F)(F)F)C(F)(F)F)ccc3C2=O)C(=O)N1. The summed E-state index contributed by atoms with van der Waals surface area (Å²) >= 11 is 0. The molecule has 2 heterocycles. The Balaban J connectivity index is 1.59. The average molecular weight is 547 g/mol. The Kier molecular flexibility index (Phi) is 6.80. The fourth-order valence-electron chi connectivity index (χ4n) is 4.23. The van der Waals surface area contributed by atoms with Crippen molar-refractivity contribution in [2.24, 2.45) is 0 Å². The fourth-order valence-corrected chi connectivity index (χ4v) is 4.23. The summed E-state index contributed by atoms with van der Waals surface area (Å²) in [7, 11) is 0. The lowest BCUT2D eigenvalue weighted by atomic mass is 10.0. The van der Waals surface area contributed by atoms with E-state index in [4.69, 9.17) is 0 Å². The van der Waals surface area contributed by atoms with Crippen molar-refractivity contribution in [3.8, 4) is 5.75 Å². The summed E-state index contributed by atoms with van der Waals surface area (Å²) in [4.78, 5) is 50.2. The van der Waals surface area contributed by atoms with Gasteiger partial charge in [-0.3, -0.25) is 24.5 Å². The number of nitrogens with zero attached hydrogens (tertiary/aromatic N) is 1. The number of rotatable bonds is 5. The van der Waals surface area contributed by atoms with Crippen molar-refractivity contribution in [3.63, 3.8) is 0 Å². The molecule has 2 aromatic rings. The van der Waals surface area contributed by atoms with Gasteiger partial charge in [0.15, 0.2) is 6.04 Å². The van der Waals surface area contributed by atoms with Crippen molar-refractivity contribution >= 4 is 23.6 Å². The lowest BCUT2D eigenvalue weighted by Gasteiger charge is -2.29. The Morgan fingerprint density at radius 1 is 1.05 bits per heavy atom. The van der Waals surface area contributed by atoms with E-state index in [-0.39, 0.29) is 42.1 Å². The van der Waals surface area contributed by atoms with Crippen molar-refractivity contribution in [2.75, 3.05) is 0 Å². The maximum Gasteiger partial charge on any atom is 0.573 e. The number of imide groups is 1. The first-order valence-corrected chi connectivity index (χ1v) is 10.8. The van der Waals surface area contributed by atoms with E-state index in [9.17, 15) is 49.9 Å². The van der Waals surface area contributed by atoms with Crippen LogP contribution in [0.5, 0.6) is 5.75 Å². The number of amides is 4. The van der Waals surface area contributed by atoms with Crippen molar-refractivity contribution in [3.05, 3.63) is 64.5 Å². The minimum atomic E-state index is -5.44. The van der Waals surface area contributed by atoms with Gasteiger partial charge >= 0.3 is 12.5 Å². The Morgan fingerprint density at radius 2 is 1.76 bits per heavy atom. The largest absolute Gasteiger partial charge is 0.573 e. The minimum Gasteiger partial charge on any atom is -0.405 e. The molecule has 0 spiro atoms. The molecule has 4 amide bonds. The molecule has 2 aliphatic rings. The second-order valence-corrected chi connectivity index (χ2v) is 8.45. The smallest absolute Gasteiger partial charge is 0.405 e. The first kappa shape index (κ1) is 26.9. The summed E-state index contributed by atoms with van der Waals surface area (Å²) in [5, 5.41) is 3.70. The number of carbonyl (C=O) groups excluding carboxylic acids is 4. The lowest BCUT2D eigenvalue weighted by Crippen LogP contribution is -2.52. The molecule has 0 aromatic heterocycles. The molecule has 2 atom stereocenters. The number of fused-ring (bicyclic) bond motifs is 1. The van der Waals surface area contributed by atoms with Crippen LogP contribution < -0.4 is 15.4 Å². The molecule has 0 radical (unpaired) electrons. The molecule has 38 heavy (non-hydrogen) atoms. The molecule has 1 saturated heterocycles. The van der Waals surface area contributed by atoms with Crippen molar-refractivity contribution in [1.82, 2.24) is 15.5 Å². The Bertz CT molecular complexity index is 1330. The monoisotopic (exact) mass is 547 g/mol. The van der Waals surface area contributed by atoms with Gasteiger partial charge < -0.3 is 15.0 Å². The van der Waals surface area contributed by atoms with Crippen molar-refractivity contribution < 1.29 is 54.6 Å². The molecule has 15 heteroatoms. The first-order chi connectivity index (χ1) is 17.6. The van der Waals surface area contributed by atoms with Crippen LogP contribution in [0.1, 0.15) is 50.7 Å². The number of hydrogen-bond acceptors (Lipinski definition) is 5. The zero-order chi connectivity index (χ0) is 28.0. The normalized spacial score (nSPS) is 18.7. The fraction of sp³-hybridized carbons (Fsp3) is 0.304. The zero-order valence-corrected chi connectivity index (χ0v) is 18.9. The highest BCUT2D eigenvalue weighted by Gasteiger charge is 2.45. The van der Waals surface area contributed by atoms with E-state index < -0.39 is 65.4 Å². The van der Waals surface area contributed by atoms with Crippen LogP contribution >= 0.6 is 0 Å². The standard InChI is InChI=1S/C23H16F7N3O5/c24-12-2-4-14(16(8-12)38-23(28,29)30)18(22(25,26)27)32-19(35)10-1-3-13-11(7-10)9-33(21(13)37)15-5-6-17(34)31-20(15)36/h1-4,7-8,15,18H,5-6,9H2,(H,32,35)(H,31,34,36)/t15?,18-/m1/s1. The van der Waals surface area contributed by atoms with Crippen LogP contribution in [0.4, 0.5) is 30.7 Å². The highest BCUT2D eigenvalue weighted by molar-refractivity contribution is 6.06. The number of halogens is 7.